The van der Waals surface area contributed by atoms with Crippen molar-refractivity contribution in [2.75, 3.05) is 6.79 Å². The average Bonchev–Trinajstić information content (AvgIpc) is 2.99. The molecule has 0 fully saturated rings. The third-order valence-corrected chi connectivity index (χ3v) is 3.46. The van der Waals surface area contributed by atoms with Gasteiger partial charge in [-0.05, 0) is 23.6 Å². The normalized spacial score (nSPS) is 12.2. The van der Waals surface area contributed by atoms with Crippen molar-refractivity contribution in [3.63, 3.8) is 0 Å². The molecule has 0 amide bonds. The van der Waals surface area contributed by atoms with Crippen LogP contribution >= 0.6 is 0 Å². The molecule has 21 heavy (non-hydrogen) atoms. The minimum absolute atomic E-state index is 0.176. The molecular formula is C17H16O4. The molecule has 2 aromatic carbocycles. The second-order valence-electron chi connectivity index (χ2n) is 4.82. The SMILES string of the molecule is CCc1ccc(COc2cc3c(cc2C=O)OCO3)cc1. The minimum Gasteiger partial charge on any atom is -0.488 e. The zero-order chi connectivity index (χ0) is 14.7. The van der Waals surface area contributed by atoms with Crippen molar-refractivity contribution >= 4 is 6.29 Å². The monoisotopic (exact) mass is 284 g/mol. The predicted octanol–water partition coefficient (Wildman–Crippen LogP) is 3.37. The molecule has 4 heteroatoms. The number of benzene rings is 2. The van der Waals surface area contributed by atoms with Gasteiger partial charge in [0.1, 0.15) is 12.4 Å². The minimum atomic E-state index is 0.176. The number of rotatable bonds is 5. The fourth-order valence-corrected chi connectivity index (χ4v) is 2.19. The van der Waals surface area contributed by atoms with E-state index < -0.39 is 0 Å². The fraction of sp³-hybridized carbons (Fsp3) is 0.235. The third-order valence-electron chi connectivity index (χ3n) is 3.46. The maximum absolute atomic E-state index is 11.1. The Morgan fingerprint density at radius 3 is 2.43 bits per heavy atom. The summed E-state index contributed by atoms with van der Waals surface area (Å²) in [5, 5.41) is 0. The molecule has 1 aliphatic heterocycles. The van der Waals surface area contributed by atoms with Crippen LogP contribution in [0.25, 0.3) is 0 Å². The molecule has 1 aliphatic rings. The van der Waals surface area contributed by atoms with E-state index in [-0.39, 0.29) is 6.79 Å². The van der Waals surface area contributed by atoms with Crippen molar-refractivity contribution in [3.05, 3.63) is 53.1 Å². The lowest BCUT2D eigenvalue weighted by molar-refractivity contribution is 0.111. The summed E-state index contributed by atoms with van der Waals surface area (Å²) in [5.74, 6) is 1.70. The zero-order valence-corrected chi connectivity index (χ0v) is 11.8. The van der Waals surface area contributed by atoms with Gasteiger partial charge in [-0.1, -0.05) is 31.2 Å². The largest absolute Gasteiger partial charge is 0.488 e. The number of aldehydes is 1. The van der Waals surface area contributed by atoms with Crippen molar-refractivity contribution in [3.8, 4) is 17.2 Å². The van der Waals surface area contributed by atoms with Crippen LogP contribution in [0.1, 0.15) is 28.4 Å². The molecule has 0 spiro atoms. The van der Waals surface area contributed by atoms with Crippen molar-refractivity contribution < 1.29 is 19.0 Å². The van der Waals surface area contributed by atoms with E-state index in [0.29, 0.717) is 29.4 Å². The summed E-state index contributed by atoms with van der Waals surface area (Å²) in [6.45, 7) is 2.70. The van der Waals surface area contributed by atoms with E-state index in [9.17, 15) is 4.79 Å². The summed E-state index contributed by atoms with van der Waals surface area (Å²) >= 11 is 0. The van der Waals surface area contributed by atoms with Crippen LogP contribution in [-0.2, 0) is 13.0 Å². The molecule has 2 aromatic rings. The van der Waals surface area contributed by atoms with Gasteiger partial charge in [-0.2, -0.15) is 0 Å². The van der Waals surface area contributed by atoms with Gasteiger partial charge in [-0.25, -0.2) is 0 Å². The first-order valence-electron chi connectivity index (χ1n) is 6.89. The van der Waals surface area contributed by atoms with Crippen LogP contribution < -0.4 is 14.2 Å². The molecule has 0 unspecified atom stereocenters. The van der Waals surface area contributed by atoms with Crippen LogP contribution in [0, 0.1) is 0 Å². The second-order valence-corrected chi connectivity index (χ2v) is 4.82. The lowest BCUT2D eigenvalue weighted by Gasteiger charge is -2.10. The fourth-order valence-electron chi connectivity index (χ4n) is 2.19. The lowest BCUT2D eigenvalue weighted by Crippen LogP contribution is -1.98. The predicted molar refractivity (Wildman–Crippen MR) is 78.1 cm³/mol. The highest BCUT2D eigenvalue weighted by molar-refractivity contribution is 5.81. The number of hydrogen-bond donors (Lipinski definition) is 0. The molecule has 0 aliphatic carbocycles. The molecular weight excluding hydrogens is 268 g/mol. The van der Waals surface area contributed by atoms with Crippen LogP contribution in [0.15, 0.2) is 36.4 Å². The van der Waals surface area contributed by atoms with Gasteiger partial charge in [0.05, 0.1) is 5.56 Å². The lowest BCUT2D eigenvalue weighted by atomic mass is 10.1. The molecule has 0 bridgehead atoms. The van der Waals surface area contributed by atoms with Gasteiger partial charge in [0.25, 0.3) is 0 Å². The van der Waals surface area contributed by atoms with Crippen molar-refractivity contribution in [1.82, 2.24) is 0 Å². The summed E-state index contributed by atoms with van der Waals surface area (Å²) in [5.41, 5.74) is 2.81. The zero-order valence-electron chi connectivity index (χ0n) is 11.8. The number of hydrogen-bond acceptors (Lipinski definition) is 4. The van der Waals surface area contributed by atoms with Crippen LogP contribution in [0.2, 0.25) is 0 Å². The summed E-state index contributed by atoms with van der Waals surface area (Å²) < 4.78 is 16.3. The number of aryl methyl sites for hydroxylation is 1. The first-order chi connectivity index (χ1) is 10.3. The molecule has 0 radical (unpaired) electrons. The maximum atomic E-state index is 11.1. The number of fused-ring (bicyclic) bond motifs is 1. The van der Waals surface area contributed by atoms with Gasteiger partial charge in [-0.15, -0.1) is 0 Å². The molecule has 4 nitrogen and oxygen atoms in total. The quantitative estimate of drug-likeness (QED) is 0.790. The molecule has 0 saturated heterocycles. The van der Waals surface area contributed by atoms with Gasteiger partial charge in [-0.3, -0.25) is 4.79 Å². The van der Waals surface area contributed by atoms with Gasteiger partial charge >= 0.3 is 0 Å². The number of carbonyl (C=O) groups excluding carboxylic acids is 1. The first kappa shape index (κ1) is 13.5. The Morgan fingerprint density at radius 2 is 1.76 bits per heavy atom. The Morgan fingerprint density at radius 1 is 1.10 bits per heavy atom. The van der Waals surface area contributed by atoms with Crippen molar-refractivity contribution in [2.24, 2.45) is 0 Å². The van der Waals surface area contributed by atoms with E-state index in [0.717, 1.165) is 18.3 Å². The summed E-state index contributed by atoms with van der Waals surface area (Å²) in [6.07, 6.45) is 1.77. The molecule has 3 rings (SSSR count). The molecule has 0 atom stereocenters. The summed E-state index contributed by atoms with van der Waals surface area (Å²) in [7, 11) is 0. The van der Waals surface area contributed by atoms with Gasteiger partial charge in [0.2, 0.25) is 6.79 Å². The average molecular weight is 284 g/mol. The Bertz CT molecular complexity index is 647. The van der Waals surface area contributed by atoms with E-state index in [1.54, 1.807) is 12.1 Å². The van der Waals surface area contributed by atoms with Crippen LogP contribution in [0.4, 0.5) is 0 Å². The van der Waals surface area contributed by atoms with E-state index in [1.165, 1.54) is 5.56 Å². The summed E-state index contributed by atoms with van der Waals surface area (Å²) in [4.78, 5) is 11.1. The highest BCUT2D eigenvalue weighted by Gasteiger charge is 2.17. The van der Waals surface area contributed by atoms with Gasteiger partial charge in [0.15, 0.2) is 17.8 Å². The van der Waals surface area contributed by atoms with Crippen molar-refractivity contribution in [1.29, 1.82) is 0 Å². The van der Waals surface area contributed by atoms with E-state index in [4.69, 9.17) is 14.2 Å². The van der Waals surface area contributed by atoms with Crippen LogP contribution in [0.5, 0.6) is 17.2 Å². The highest BCUT2D eigenvalue weighted by Crippen LogP contribution is 2.37. The molecule has 0 N–H and O–H groups in total. The first-order valence-corrected chi connectivity index (χ1v) is 6.89. The van der Waals surface area contributed by atoms with E-state index in [1.807, 2.05) is 12.1 Å². The summed E-state index contributed by atoms with van der Waals surface area (Å²) in [6, 6.07) is 11.6. The third kappa shape index (κ3) is 2.84. The maximum Gasteiger partial charge on any atom is 0.231 e. The Hall–Kier alpha value is -2.49. The van der Waals surface area contributed by atoms with E-state index in [2.05, 4.69) is 19.1 Å². The van der Waals surface area contributed by atoms with Crippen molar-refractivity contribution in [2.45, 2.75) is 20.0 Å². The van der Waals surface area contributed by atoms with Crippen LogP contribution in [-0.4, -0.2) is 13.1 Å². The molecule has 0 saturated carbocycles. The number of ether oxygens (including phenoxy) is 3. The van der Waals surface area contributed by atoms with Crippen LogP contribution in [0.3, 0.4) is 0 Å². The van der Waals surface area contributed by atoms with E-state index >= 15 is 0 Å². The second kappa shape index (κ2) is 5.87. The Balaban J connectivity index is 1.76. The van der Waals surface area contributed by atoms with Gasteiger partial charge in [0, 0.05) is 6.07 Å². The number of carbonyl (C=O) groups is 1. The Kier molecular flexibility index (Phi) is 3.77. The highest BCUT2D eigenvalue weighted by atomic mass is 16.7. The van der Waals surface area contributed by atoms with Gasteiger partial charge < -0.3 is 14.2 Å². The molecule has 0 aromatic heterocycles. The molecule has 108 valence electrons. The topological polar surface area (TPSA) is 44.8 Å². The standard InChI is InChI=1S/C17H16O4/c1-2-12-3-5-13(6-4-12)10-19-15-8-17-16(20-11-21-17)7-14(15)9-18/h3-9H,2,10-11H2,1H3. The molecule has 1 heterocycles. The Labute approximate surface area is 123 Å². The smallest absolute Gasteiger partial charge is 0.231 e.